The van der Waals surface area contributed by atoms with Gasteiger partial charge >= 0.3 is 0 Å². The first kappa shape index (κ1) is 14.3. The average Bonchev–Trinajstić information content (AvgIpc) is 2.78. The van der Waals surface area contributed by atoms with Gasteiger partial charge in [0.15, 0.2) is 5.13 Å². The van der Waals surface area contributed by atoms with Gasteiger partial charge in [-0.05, 0) is 31.9 Å². The van der Waals surface area contributed by atoms with Crippen LogP contribution >= 0.6 is 11.3 Å². The van der Waals surface area contributed by atoms with Crippen LogP contribution in [0.1, 0.15) is 26.3 Å². The summed E-state index contributed by atoms with van der Waals surface area (Å²) in [6.45, 7) is 7.70. The summed E-state index contributed by atoms with van der Waals surface area (Å²) < 4.78 is 1.24. The number of para-hydroxylation sites is 1. The predicted molar refractivity (Wildman–Crippen MR) is 88.0 cm³/mol. The fourth-order valence-electron chi connectivity index (χ4n) is 2.62. The molecule has 1 aliphatic rings. The Balaban J connectivity index is 1.71. The average molecular weight is 303 g/mol. The minimum absolute atomic E-state index is 0.102. The second kappa shape index (κ2) is 5.64. The number of anilines is 1. The van der Waals surface area contributed by atoms with Gasteiger partial charge in [-0.3, -0.25) is 4.79 Å². The monoisotopic (exact) mass is 303 g/mol. The fourth-order valence-corrected chi connectivity index (χ4v) is 3.65. The Labute approximate surface area is 129 Å². The van der Waals surface area contributed by atoms with Crippen LogP contribution in [-0.4, -0.2) is 30.0 Å². The van der Waals surface area contributed by atoms with Crippen molar-refractivity contribution in [3.05, 3.63) is 23.8 Å². The minimum Gasteiger partial charge on any atom is -0.354 e. The molecule has 5 heteroatoms. The Kier molecular flexibility index (Phi) is 3.85. The van der Waals surface area contributed by atoms with Crippen LogP contribution in [0.25, 0.3) is 10.2 Å². The van der Waals surface area contributed by atoms with Gasteiger partial charge in [-0.15, -0.1) is 0 Å². The van der Waals surface area contributed by atoms with Crippen LogP contribution in [-0.2, 0) is 11.2 Å². The lowest BCUT2D eigenvalue weighted by atomic mass is 10.00. The van der Waals surface area contributed by atoms with Crippen molar-refractivity contribution in [1.29, 1.82) is 0 Å². The van der Waals surface area contributed by atoms with E-state index in [0.717, 1.165) is 30.2 Å². The number of aromatic nitrogens is 1. The standard InChI is InChI=1S/C16H21N3OS/c1-4-11-6-5-7-13-14(11)18-16(21-13)19-8-12(9-19)15(20)17-10(2)3/h5-7,10,12H,4,8-9H2,1-3H3,(H,17,20). The maximum Gasteiger partial charge on any atom is 0.226 e. The van der Waals surface area contributed by atoms with Crippen LogP contribution in [0.5, 0.6) is 0 Å². The molecule has 2 aromatic rings. The third-order valence-electron chi connectivity index (χ3n) is 3.83. The number of aryl methyl sites for hydroxylation is 1. The van der Waals surface area contributed by atoms with Gasteiger partial charge in [0.1, 0.15) is 0 Å². The Morgan fingerprint density at radius 1 is 1.48 bits per heavy atom. The third kappa shape index (κ3) is 2.75. The summed E-state index contributed by atoms with van der Waals surface area (Å²) in [4.78, 5) is 18.9. The Bertz CT molecular complexity index is 659. The zero-order valence-electron chi connectivity index (χ0n) is 12.7. The summed E-state index contributed by atoms with van der Waals surface area (Å²) in [5.74, 6) is 0.265. The lowest BCUT2D eigenvalue weighted by Gasteiger charge is -2.38. The summed E-state index contributed by atoms with van der Waals surface area (Å²) in [7, 11) is 0. The number of nitrogens with zero attached hydrogens (tertiary/aromatic N) is 2. The lowest BCUT2D eigenvalue weighted by molar-refractivity contribution is -0.126. The molecule has 0 bridgehead atoms. The van der Waals surface area contributed by atoms with Crippen LogP contribution in [0.15, 0.2) is 18.2 Å². The first-order valence-electron chi connectivity index (χ1n) is 7.52. The van der Waals surface area contributed by atoms with E-state index < -0.39 is 0 Å². The Morgan fingerprint density at radius 3 is 2.90 bits per heavy atom. The molecular weight excluding hydrogens is 282 g/mol. The third-order valence-corrected chi connectivity index (χ3v) is 4.91. The zero-order valence-corrected chi connectivity index (χ0v) is 13.5. The number of fused-ring (bicyclic) bond motifs is 1. The van der Waals surface area contributed by atoms with Gasteiger partial charge in [0, 0.05) is 19.1 Å². The van der Waals surface area contributed by atoms with Gasteiger partial charge in [-0.25, -0.2) is 4.98 Å². The molecule has 112 valence electrons. The van der Waals surface area contributed by atoms with Crippen molar-refractivity contribution >= 4 is 32.6 Å². The first-order chi connectivity index (χ1) is 10.1. The number of benzene rings is 1. The van der Waals surface area contributed by atoms with Gasteiger partial charge in [0.05, 0.1) is 16.1 Å². The number of hydrogen-bond donors (Lipinski definition) is 1. The van der Waals surface area contributed by atoms with Crippen molar-refractivity contribution in [3.8, 4) is 0 Å². The molecule has 4 nitrogen and oxygen atoms in total. The summed E-state index contributed by atoms with van der Waals surface area (Å²) in [6, 6.07) is 6.57. The quantitative estimate of drug-likeness (QED) is 0.944. The molecule has 1 amide bonds. The summed E-state index contributed by atoms with van der Waals surface area (Å²) in [5.41, 5.74) is 2.42. The van der Waals surface area contributed by atoms with Crippen molar-refractivity contribution in [2.75, 3.05) is 18.0 Å². The molecule has 0 radical (unpaired) electrons. The second-order valence-corrected chi connectivity index (χ2v) is 6.89. The van der Waals surface area contributed by atoms with E-state index in [1.807, 2.05) is 13.8 Å². The number of carbonyl (C=O) groups is 1. The molecular formula is C16H21N3OS. The molecule has 0 spiro atoms. The molecule has 1 aromatic heterocycles. The molecule has 1 N–H and O–H groups in total. The SMILES string of the molecule is CCc1cccc2sc(N3CC(C(=O)NC(C)C)C3)nc12. The highest BCUT2D eigenvalue weighted by atomic mass is 32.1. The lowest BCUT2D eigenvalue weighted by Crippen LogP contribution is -2.54. The number of carbonyl (C=O) groups excluding carboxylic acids is 1. The first-order valence-corrected chi connectivity index (χ1v) is 8.34. The summed E-state index contributed by atoms with van der Waals surface area (Å²) in [6.07, 6.45) is 1.000. The van der Waals surface area contributed by atoms with Crippen LogP contribution < -0.4 is 10.2 Å². The number of hydrogen-bond acceptors (Lipinski definition) is 4. The predicted octanol–water partition coefficient (Wildman–Crippen LogP) is 2.82. The van der Waals surface area contributed by atoms with E-state index in [1.165, 1.54) is 10.3 Å². The molecule has 2 heterocycles. The largest absolute Gasteiger partial charge is 0.354 e. The number of amides is 1. The van der Waals surface area contributed by atoms with Crippen molar-refractivity contribution in [1.82, 2.24) is 10.3 Å². The van der Waals surface area contributed by atoms with E-state index in [1.54, 1.807) is 11.3 Å². The van der Waals surface area contributed by atoms with Crippen molar-refractivity contribution in [3.63, 3.8) is 0 Å². The van der Waals surface area contributed by atoms with E-state index in [-0.39, 0.29) is 17.9 Å². The second-order valence-electron chi connectivity index (χ2n) is 5.88. The van der Waals surface area contributed by atoms with E-state index >= 15 is 0 Å². The topological polar surface area (TPSA) is 45.2 Å². The molecule has 3 rings (SSSR count). The van der Waals surface area contributed by atoms with Crippen molar-refractivity contribution < 1.29 is 4.79 Å². The van der Waals surface area contributed by atoms with Gasteiger partial charge < -0.3 is 10.2 Å². The maximum atomic E-state index is 11.9. The van der Waals surface area contributed by atoms with Gasteiger partial charge in [-0.1, -0.05) is 30.4 Å². The number of nitrogens with one attached hydrogen (secondary N) is 1. The van der Waals surface area contributed by atoms with E-state index in [4.69, 9.17) is 4.98 Å². The highest BCUT2D eigenvalue weighted by molar-refractivity contribution is 7.22. The molecule has 21 heavy (non-hydrogen) atoms. The summed E-state index contributed by atoms with van der Waals surface area (Å²) >= 11 is 1.72. The van der Waals surface area contributed by atoms with Crippen molar-refractivity contribution in [2.24, 2.45) is 5.92 Å². The molecule has 1 saturated heterocycles. The molecule has 0 unspecified atom stereocenters. The van der Waals surface area contributed by atoms with Gasteiger partial charge in [0.25, 0.3) is 0 Å². The van der Waals surface area contributed by atoms with E-state index in [2.05, 4.69) is 35.3 Å². The molecule has 1 aliphatic heterocycles. The summed E-state index contributed by atoms with van der Waals surface area (Å²) in [5, 5.41) is 4.02. The minimum atomic E-state index is 0.102. The highest BCUT2D eigenvalue weighted by Crippen LogP contribution is 2.34. The van der Waals surface area contributed by atoms with Gasteiger partial charge in [0.2, 0.25) is 5.91 Å². The normalized spacial score (nSPS) is 15.5. The molecule has 1 fully saturated rings. The Hall–Kier alpha value is -1.62. The molecule has 0 atom stereocenters. The zero-order chi connectivity index (χ0) is 15.0. The van der Waals surface area contributed by atoms with Crippen LogP contribution in [0.3, 0.4) is 0 Å². The van der Waals surface area contributed by atoms with Crippen LogP contribution in [0.4, 0.5) is 5.13 Å². The molecule has 1 aromatic carbocycles. The van der Waals surface area contributed by atoms with Crippen molar-refractivity contribution in [2.45, 2.75) is 33.2 Å². The molecule has 0 aliphatic carbocycles. The fraction of sp³-hybridized carbons (Fsp3) is 0.500. The van der Waals surface area contributed by atoms with Gasteiger partial charge in [-0.2, -0.15) is 0 Å². The van der Waals surface area contributed by atoms with Crippen LogP contribution in [0.2, 0.25) is 0 Å². The van der Waals surface area contributed by atoms with Crippen LogP contribution in [0, 0.1) is 5.92 Å². The Morgan fingerprint density at radius 2 is 2.24 bits per heavy atom. The molecule has 0 saturated carbocycles. The maximum absolute atomic E-state index is 11.9. The van der Waals surface area contributed by atoms with E-state index in [0.29, 0.717) is 0 Å². The number of rotatable bonds is 4. The number of thiazole rings is 1. The van der Waals surface area contributed by atoms with E-state index in [9.17, 15) is 4.79 Å². The highest BCUT2D eigenvalue weighted by Gasteiger charge is 2.34. The smallest absolute Gasteiger partial charge is 0.226 e.